The second kappa shape index (κ2) is 4.42. The number of aliphatic hydroxyl groups is 1. The van der Waals surface area contributed by atoms with Crippen molar-refractivity contribution in [3.05, 3.63) is 0 Å². The molecule has 4 heteroatoms. The van der Waals surface area contributed by atoms with Gasteiger partial charge in [0, 0.05) is 12.6 Å². The van der Waals surface area contributed by atoms with Crippen molar-refractivity contribution in [2.45, 2.75) is 19.4 Å². The summed E-state index contributed by atoms with van der Waals surface area (Å²) >= 11 is 0. The summed E-state index contributed by atoms with van der Waals surface area (Å²) in [5.74, 6) is -0.0203. The van der Waals surface area contributed by atoms with E-state index in [9.17, 15) is 4.79 Å². The average molecular weight is 173 g/mol. The summed E-state index contributed by atoms with van der Waals surface area (Å²) in [6, 6.07) is -0.155. The Hall–Kier alpha value is -0.610. The van der Waals surface area contributed by atoms with Gasteiger partial charge in [0.1, 0.15) is 0 Å². The molecule has 70 valence electrons. The fourth-order valence-electron chi connectivity index (χ4n) is 1.15. The van der Waals surface area contributed by atoms with Gasteiger partial charge >= 0.3 is 0 Å². The van der Waals surface area contributed by atoms with E-state index in [0.29, 0.717) is 13.2 Å². The fourth-order valence-corrected chi connectivity index (χ4v) is 1.15. The number of amides is 1. The van der Waals surface area contributed by atoms with Gasteiger partial charge in [-0.05, 0) is 13.3 Å². The summed E-state index contributed by atoms with van der Waals surface area (Å²) in [4.78, 5) is 11.3. The van der Waals surface area contributed by atoms with E-state index in [1.165, 1.54) is 0 Å². The van der Waals surface area contributed by atoms with Crippen LogP contribution < -0.4 is 5.32 Å². The summed E-state index contributed by atoms with van der Waals surface area (Å²) in [5.41, 5.74) is 0. The normalized spacial score (nSPS) is 25.3. The second-order valence-electron chi connectivity index (χ2n) is 3.15. The van der Waals surface area contributed by atoms with Crippen LogP contribution in [0.4, 0.5) is 0 Å². The molecule has 0 aliphatic carbocycles. The van der Waals surface area contributed by atoms with Gasteiger partial charge in [-0.25, -0.2) is 0 Å². The van der Waals surface area contributed by atoms with Crippen molar-refractivity contribution in [3.63, 3.8) is 0 Å². The predicted molar refractivity (Wildman–Crippen MR) is 43.6 cm³/mol. The molecule has 2 N–H and O–H groups in total. The monoisotopic (exact) mass is 173 g/mol. The molecule has 1 fully saturated rings. The first-order valence-electron chi connectivity index (χ1n) is 4.23. The lowest BCUT2D eigenvalue weighted by atomic mass is 10.1. The summed E-state index contributed by atoms with van der Waals surface area (Å²) in [6.45, 7) is 2.95. The van der Waals surface area contributed by atoms with E-state index in [4.69, 9.17) is 9.84 Å². The molecule has 0 radical (unpaired) electrons. The van der Waals surface area contributed by atoms with Gasteiger partial charge in [-0.3, -0.25) is 4.79 Å². The van der Waals surface area contributed by atoms with Crippen LogP contribution in [0.5, 0.6) is 0 Å². The van der Waals surface area contributed by atoms with Crippen LogP contribution in [0.1, 0.15) is 13.3 Å². The first kappa shape index (κ1) is 9.48. The van der Waals surface area contributed by atoms with Crippen LogP contribution >= 0.6 is 0 Å². The third-order valence-electron chi connectivity index (χ3n) is 1.96. The minimum atomic E-state index is -0.155. The van der Waals surface area contributed by atoms with E-state index in [0.717, 1.165) is 6.42 Å². The minimum absolute atomic E-state index is 0.00551. The van der Waals surface area contributed by atoms with Gasteiger partial charge in [0.05, 0.1) is 19.1 Å². The number of hydrogen-bond donors (Lipinski definition) is 2. The highest BCUT2D eigenvalue weighted by Gasteiger charge is 2.23. The summed E-state index contributed by atoms with van der Waals surface area (Å²) < 4.78 is 5.07. The Bertz CT molecular complexity index is 154. The molecule has 0 aromatic carbocycles. The molecule has 0 aromatic rings. The van der Waals surface area contributed by atoms with Crippen molar-refractivity contribution >= 4 is 5.91 Å². The zero-order valence-electron chi connectivity index (χ0n) is 7.25. The Morgan fingerprint density at radius 1 is 1.83 bits per heavy atom. The molecule has 1 saturated heterocycles. The standard InChI is InChI=1S/C8H15NO3/c1-6(4-10)9-8(11)7-2-3-12-5-7/h6-7,10H,2-5H2,1H3,(H,9,11). The van der Waals surface area contributed by atoms with E-state index < -0.39 is 0 Å². The first-order chi connectivity index (χ1) is 5.74. The Morgan fingerprint density at radius 2 is 2.58 bits per heavy atom. The van der Waals surface area contributed by atoms with E-state index in [1.54, 1.807) is 6.92 Å². The van der Waals surface area contributed by atoms with E-state index in [-0.39, 0.29) is 24.5 Å². The van der Waals surface area contributed by atoms with Gasteiger partial charge in [-0.1, -0.05) is 0 Å². The summed E-state index contributed by atoms with van der Waals surface area (Å²) in [5, 5.41) is 11.4. The van der Waals surface area contributed by atoms with Gasteiger partial charge in [0.15, 0.2) is 0 Å². The van der Waals surface area contributed by atoms with Gasteiger partial charge in [0.2, 0.25) is 5.91 Å². The van der Waals surface area contributed by atoms with Crippen LogP contribution in [0.25, 0.3) is 0 Å². The molecule has 0 spiro atoms. The van der Waals surface area contributed by atoms with Crippen LogP contribution in [0.3, 0.4) is 0 Å². The summed E-state index contributed by atoms with van der Waals surface area (Å²) in [7, 11) is 0. The molecule has 4 nitrogen and oxygen atoms in total. The topological polar surface area (TPSA) is 58.6 Å². The molecular formula is C8H15NO3. The molecule has 1 heterocycles. The fraction of sp³-hybridized carbons (Fsp3) is 0.875. The average Bonchev–Trinajstić information content (AvgIpc) is 2.56. The van der Waals surface area contributed by atoms with Crippen molar-refractivity contribution in [2.24, 2.45) is 5.92 Å². The quantitative estimate of drug-likeness (QED) is 0.606. The molecule has 1 amide bonds. The molecule has 12 heavy (non-hydrogen) atoms. The van der Waals surface area contributed by atoms with E-state index in [2.05, 4.69) is 5.32 Å². The molecule has 0 bridgehead atoms. The number of carbonyl (C=O) groups excluding carboxylic acids is 1. The van der Waals surface area contributed by atoms with Gasteiger partial charge in [-0.15, -0.1) is 0 Å². The highest BCUT2D eigenvalue weighted by atomic mass is 16.5. The smallest absolute Gasteiger partial charge is 0.225 e. The Labute approximate surface area is 71.9 Å². The second-order valence-corrected chi connectivity index (χ2v) is 3.15. The van der Waals surface area contributed by atoms with Crippen molar-refractivity contribution < 1.29 is 14.6 Å². The van der Waals surface area contributed by atoms with Gasteiger partial charge in [0.25, 0.3) is 0 Å². The third-order valence-corrected chi connectivity index (χ3v) is 1.96. The Balaban J connectivity index is 2.27. The number of ether oxygens (including phenoxy) is 1. The van der Waals surface area contributed by atoms with E-state index in [1.807, 2.05) is 0 Å². The molecule has 2 atom stereocenters. The molecule has 1 rings (SSSR count). The lowest BCUT2D eigenvalue weighted by molar-refractivity contribution is -0.125. The van der Waals surface area contributed by atoms with Crippen LogP contribution in [0.15, 0.2) is 0 Å². The predicted octanol–water partition coefficient (Wildman–Crippen LogP) is -0.480. The van der Waals surface area contributed by atoms with Crippen LogP contribution in [-0.4, -0.2) is 36.9 Å². The molecule has 2 unspecified atom stereocenters. The van der Waals surface area contributed by atoms with Crippen molar-refractivity contribution in [1.29, 1.82) is 0 Å². The maximum absolute atomic E-state index is 11.3. The van der Waals surface area contributed by atoms with E-state index >= 15 is 0 Å². The maximum atomic E-state index is 11.3. The van der Waals surface area contributed by atoms with Crippen LogP contribution in [0.2, 0.25) is 0 Å². The number of carbonyl (C=O) groups is 1. The van der Waals surface area contributed by atoms with Gasteiger partial charge < -0.3 is 15.2 Å². The van der Waals surface area contributed by atoms with Crippen molar-refractivity contribution in [1.82, 2.24) is 5.32 Å². The number of hydrogen-bond acceptors (Lipinski definition) is 3. The van der Waals surface area contributed by atoms with Crippen molar-refractivity contribution in [2.75, 3.05) is 19.8 Å². The number of aliphatic hydroxyl groups excluding tert-OH is 1. The lowest BCUT2D eigenvalue weighted by Crippen LogP contribution is -2.39. The molecule has 1 aliphatic rings. The maximum Gasteiger partial charge on any atom is 0.225 e. The zero-order valence-corrected chi connectivity index (χ0v) is 7.25. The SMILES string of the molecule is CC(CO)NC(=O)C1CCOC1. The van der Waals surface area contributed by atoms with Crippen molar-refractivity contribution in [3.8, 4) is 0 Å². The molecular weight excluding hydrogens is 158 g/mol. The number of nitrogens with one attached hydrogen (secondary N) is 1. The molecule has 0 saturated carbocycles. The highest BCUT2D eigenvalue weighted by Crippen LogP contribution is 2.11. The number of rotatable bonds is 3. The van der Waals surface area contributed by atoms with Crippen LogP contribution in [-0.2, 0) is 9.53 Å². The van der Waals surface area contributed by atoms with Crippen LogP contribution in [0, 0.1) is 5.92 Å². The summed E-state index contributed by atoms with van der Waals surface area (Å²) in [6.07, 6.45) is 0.796. The van der Waals surface area contributed by atoms with Gasteiger partial charge in [-0.2, -0.15) is 0 Å². The largest absolute Gasteiger partial charge is 0.394 e. The zero-order chi connectivity index (χ0) is 8.97. The first-order valence-corrected chi connectivity index (χ1v) is 4.23. The molecule has 0 aromatic heterocycles. The Morgan fingerprint density at radius 3 is 3.08 bits per heavy atom. The highest BCUT2D eigenvalue weighted by molar-refractivity contribution is 5.79. The lowest BCUT2D eigenvalue weighted by Gasteiger charge is -2.13. The third kappa shape index (κ3) is 2.46. The molecule has 1 aliphatic heterocycles. The minimum Gasteiger partial charge on any atom is -0.394 e. The Kier molecular flexibility index (Phi) is 3.49.